The minimum Gasteiger partial charge on any atom is -0.487 e. The van der Waals surface area contributed by atoms with Crippen molar-refractivity contribution in [3.05, 3.63) is 112 Å². The van der Waals surface area contributed by atoms with E-state index in [1.807, 2.05) is 79.0 Å². The highest BCUT2D eigenvalue weighted by molar-refractivity contribution is 7.09. The van der Waals surface area contributed by atoms with E-state index in [0.29, 0.717) is 19.8 Å². The summed E-state index contributed by atoms with van der Waals surface area (Å²) in [6.07, 6.45) is 5.02. The quantitative estimate of drug-likeness (QED) is 0.316. The number of hydrogen-bond acceptors (Lipinski definition) is 6. The molecule has 0 spiro atoms. The molecular weight excluding hydrogens is 446 g/mol. The van der Waals surface area contributed by atoms with Gasteiger partial charge in [-0.3, -0.25) is 9.78 Å². The molecular formula is C27H25N3O3S. The van der Waals surface area contributed by atoms with Gasteiger partial charge in [0.2, 0.25) is 5.91 Å². The van der Waals surface area contributed by atoms with Crippen LogP contribution in [0.2, 0.25) is 0 Å². The number of hydrogen-bond donors (Lipinski definition) is 1. The molecule has 0 saturated heterocycles. The number of nitrogens with one attached hydrogen (secondary N) is 1. The first-order chi connectivity index (χ1) is 16.6. The van der Waals surface area contributed by atoms with Gasteiger partial charge in [-0.15, -0.1) is 11.3 Å². The van der Waals surface area contributed by atoms with Gasteiger partial charge in [0.05, 0.1) is 16.4 Å². The number of amides is 1. The molecule has 0 aliphatic rings. The van der Waals surface area contributed by atoms with Crippen LogP contribution in [0.1, 0.15) is 27.5 Å². The molecule has 0 unspecified atom stereocenters. The standard InChI is InChI=1S/C27H25N3O3S/c1-20-30-24(19-34-20)18-33-25-9-4-6-21(14-25)11-12-27(31)29-16-22-7-5-10-26(15-22)32-17-23-8-2-3-13-28-23/h2-15,19H,16-18H2,1H3,(H,29,31)/b12-11+. The fraction of sp³-hybridized carbons (Fsp3) is 0.148. The van der Waals surface area contributed by atoms with Crippen LogP contribution in [-0.2, 0) is 24.6 Å². The van der Waals surface area contributed by atoms with E-state index < -0.39 is 0 Å². The molecule has 6 nitrogen and oxygen atoms in total. The van der Waals surface area contributed by atoms with Crippen molar-refractivity contribution >= 4 is 23.3 Å². The number of carbonyl (C=O) groups is 1. The Hall–Kier alpha value is -3.97. The number of benzene rings is 2. The average molecular weight is 472 g/mol. The van der Waals surface area contributed by atoms with Gasteiger partial charge in [0.15, 0.2) is 0 Å². The van der Waals surface area contributed by atoms with Gasteiger partial charge in [-0.2, -0.15) is 0 Å². The van der Waals surface area contributed by atoms with Crippen LogP contribution < -0.4 is 14.8 Å². The van der Waals surface area contributed by atoms with Crippen LogP contribution in [0.3, 0.4) is 0 Å². The Morgan fingerprint density at radius 2 is 1.76 bits per heavy atom. The van der Waals surface area contributed by atoms with Gasteiger partial charge in [0.1, 0.15) is 24.7 Å². The molecule has 34 heavy (non-hydrogen) atoms. The zero-order valence-electron chi connectivity index (χ0n) is 18.8. The normalized spacial score (nSPS) is 10.9. The minimum absolute atomic E-state index is 0.177. The summed E-state index contributed by atoms with van der Waals surface area (Å²) in [6.45, 7) is 3.19. The first-order valence-corrected chi connectivity index (χ1v) is 11.7. The Morgan fingerprint density at radius 3 is 2.53 bits per heavy atom. The maximum atomic E-state index is 12.3. The molecule has 0 fully saturated rings. The van der Waals surface area contributed by atoms with Crippen molar-refractivity contribution in [3.63, 3.8) is 0 Å². The molecule has 0 aliphatic carbocycles. The second-order valence-electron chi connectivity index (χ2n) is 7.53. The van der Waals surface area contributed by atoms with Gasteiger partial charge in [-0.25, -0.2) is 4.98 Å². The monoisotopic (exact) mass is 471 g/mol. The second kappa shape index (κ2) is 11.8. The predicted molar refractivity (Wildman–Crippen MR) is 134 cm³/mol. The highest BCUT2D eigenvalue weighted by Crippen LogP contribution is 2.18. The first-order valence-electron chi connectivity index (χ1n) is 10.9. The van der Waals surface area contributed by atoms with Crippen molar-refractivity contribution in [1.29, 1.82) is 0 Å². The molecule has 2 aromatic heterocycles. The van der Waals surface area contributed by atoms with Crippen molar-refractivity contribution in [3.8, 4) is 11.5 Å². The molecule has 4 rings (SSSR count). The van der Waals surface area contributed by atoms with Crippen molar-refractivity contribution in [2.45, 2.75) is 26.7 Å². The molecule has 1 amide bonds. The number of nitrogens with zero attached hydrogens (tertiary/aromatic N) is 2. The Bertz CT molecular complexity index is 1250. The Morgan fingerprint density at radius 1 is 0.971 bits per heavy atom. The molecule has 7 heteroatoms. The minimum atomic E-state index is -0.177. The second-order valence-corrected chi connectivity index (χ2v) is 8.59. The number of ether oxygens (including phenoxy) is 2. The summed E-state index contributed by atoms with van der Waals surface area (Å²) in [5.41, 5.74) is 3.60. The van der Waals surface area contributed by atoms with Crippen LogP contribution in [0.5, 0.6) is 11.5 Å². The van der Waals surface area contributed by atoms with Crippen LogP contribution in [0.15, 0.2) is 84.4 Å². The third-order valence-electron chi connectivity index (χ3n) is 4.82. The first kappa shape index (κ1) is 23.2. The lowest BCUT2D eigenvalue weighted by atomic mass is 10.2. The molecule has 2 aromatic carbocycles. The lowest BCUT2D eigenvalue weighted by molar-refractivity contribution is -0.116. The molecule has 0 bridgehead atoms. The van der Waals surface area contributed by atoms with Crippen LogP contribution in [0.4, 0.5) is 0 Å². The van der Waals surface area contributed by atoms with Crippen LogP contribution in [-0.4, -0.2) is 15.9 Å². The topological polar surface area (TPSA) is 73.3 Å². The molecule has 4 aromatic rings. The summed E-state index contributed by atoms with van der Waals surface area (Å²) in [5, 5.41) is 5.91. The predicted octanol–water partition coefficient (Wildman–Crippen LogP) is 5.33. The summed E-state index contributed by atoms with van der Waals surface area (Å²) in [4.78, 5) is 21.0. The lowest BCUT2D eigenvalue weighted by Crippen LogP contribution is -2.20. The Kier molecular flexibility index (Phi) is 8.03. The van der Waals surface area contributed by atoms with E-state index in [1.54, 1.807) is 23.6 Å². The van der Waals surface area contributed by atoms with E-state index in [0.717, 1.165) is 39.0 Å². The van der Waals surface area contributed by atoms with E-state index in [2.05, 4.69) is 15.3 Å². The third-order valence-corrected chi connectivity index (χ3v) is 5.64. The summed E-state index contributed by atoms with van der Waals surface area (Å²) < 4.78 is 11.6. The number of carbonyl (C=O) groups excluding carboxylic acids is 1. The van der Waals surface area contributed by atoms with E-state index >= 15 is 0 Å². The Labute approximate surface area is 202 Å². The number of thiazole rings is 1. The van der Waals surface area contributed by atoms with Gasteiger partial charge in [0.25, 0.3) is 0 Å². The molecule has 0 aliphatic heterocycles. The molecule has 0 atom stereocenters. The maximum absolute atomic E-state index is 12.3. The third kappa shape index (κ3) is 7.28. The number of rotatable bonds is 10. The Balaban J connectivity index is 1.25. The molecule has 0 saturated carbocycles. The zero-order valence-corrected chi connectivity index (χ0v) is 19.6. The molecule has 1 N–H and O–H groups in total. The lowest BCUT2D eigenvalue weighted by Gasteiger charge is -2.08. The maximum Gasteiger partial charge on any atom is 0.244 e. The zero-order chi connectivity index (χ0) is 23.6. The van der Waals surface area contributed by atoms with Crippen molar-refractivity contribution in [2.24, 2.45) is 0 Å². The van der Waals surface area contributed by atoms with Crippen LogP contribution in [0, 0.1) is 6.92 Å². The van der Waals surface area contributed by atoms with Gasteiger partial charge in [0, 0.05) is 24.2 Å². The van der Waals surface area contributed by atoms with Crippen molar-refractivity contribution in [2.75, 3.05) is 0 Å². The van der Waals surface area contributed by atoms with Gasteiger partial charge in [-0.05, 0) is 60.5 Å². The smallest absolute Gasteiger partial charge is 0.244 e. The summed E-state index contributed by atoms with van der Waals surface area (Å²) in [6, 6.07) is 21.0. The van der Waals surface area contributed by atoms with Crippen molar-refractivity contribution < 1.29 is 14.3 Å². The van der Waals surface area contributed by atoms with Gasteiger partial charge >= 0.3 is 0 Å². The van der Waals surface area contributed by atoms with Gasteiger partial charge < -0.3 is 14.8 Å². The number of aromatic nitrogens is 2. The summed E-state index contributed by atoms with van der Waals surface area (Å²) in [5.74, 6) is 1.29. The molecule has 172 valence electrons. The molecule has 2 heterocycles. The van der Waals surface area contributed by atoms with Crippen LogP contribution >= 0.6 is 11.3 Å². The average Bonchev–Trinajstić information content (AvgIpc) is 3.30. The number of pyridine rings is 1. The summed E-state index contributed by atoms with van der Waals surface area (Å²) in [7, 11) is 0. The van der Waals surface area contributed by atoms with E-state index in [4.69, 9.17) is 9.47 Å². The molecule has 0 radical (unpaired) electrons. The van der Waals surface area contributed by atoms with Crippen molar-refractivity contribution in [1.82, 2.24) is 15.3 Å². The fourth-order valence-electron chi connectivity index (χ4n) is 3.15. The van der Waals surface area contributed by atoms with E-state index in [-0.39, 0.29) is 5.91 Å². The van der Waals surface area contributed by atoms with E-state index in [9.17, 15) is 4.79 Å². The fourth-order valence-corrected chi connectivity index (χ4v) is 3.74. The van der Waals surface area contributed by atoms with Gasteiger partial charge in [-0.1, -0.05) is 30.3 Å². The summed E-state index contributed by atoms with van der Waals surface area (Å²) >= 11 is 1.60. The SMILES string of the molecule is Cc1nc(COc2cccc(/C=C/C(=O)NCc3cccc(OCc4ccccn4)c3)c2)cs1. The van der Waals surface area contributed by atoms with E-state index in [1.165, 1.54) is 6.08 Å². The largest absolute Gasteiger partial charge is 0.487 e. The highest BCUT2D eigenvalue weighted by Gasteiger charge is 2.03. The highest BCUT2D eigenvalue weighted by atomic mass is 32.1. The number of aryl methyl sites for hydroxylation is 1. The van der Waals surface area contributed by atoms with Crippen LogP contribution in [0.25, 0.3) is 6.08 Å².